The van der Waals surface area contributed by atoms with Gasteiger partial charge in [-0.2, -0.15) is 0 Å². The molecule has 0 radical (unpaired) electrons. The van der Waals surface area contributed by atoms with E-state index in [0.717, 1.165) is 0 Å². The van der Waals surface area contributed by atoms with Gasteiger partial charge in [0.2, 0.25) is 0 Å². The van der Waals surface area contributed by atoms with E-state index in [1.807, 2.05) is 0 Å². The van der Waals surface area contributed by atoms with Crippen LogP contribution >= 0.6 is 27.5 Å². The number of halogens is 2. The molecule has 0 atom stereocenters. The van der Waals surface area contributed by atoms with Gasteiger partial charge in [0, 0.05) is 4.47 Å². The minimum Gasteiger partial charge on any atom is -0.465 e. The molecule has 82 valence electrons. The second kappa shape index (κ2) is 4.35. The maximum absolute atomic E-state index is 11.4. The first-order valence-corrected chi connectivity index (χ1v) is 5.49. The molecular formula is C10H6BrClN2O2. The maximum atomic E-state index is 11.4. The average Bonchev–Trinajstić information content (AvgIpc) is 2.28. The number of nitrogens with zero attached hydrogens (tertiary/aromatic N) is 2. The quantitative estimate of drug-likeness (QED) is 0.760. The molecule has 0 aliphatic heterocycles. The van der Waals surface area contributed by atoms with E-state index < -0.39 is 5.97 Å². The van der Waals surface area contributed by atoms with Gasteiger partial charge >= 0.3 is 5.97 Å². The molecule has 1 aromatic carbocycles. The number of ether oxygens (including phenoxy) is 1. The molecule has 0 saturated heterocycles. The second-order valence-corrected chi connectivity index (χ2v) is 4.25. The van der Waals surface area contributed by atoms with Crippen LogP contribution in [0.2, 0.25) is 5.15 Å². The van der Waals surface area contributed by atoms with E-state index in [2.05, 4.69) is 30.6 Å². The standard InChI is InChI=1S/C10H6BrClN2O2/c1-16-10(15)5-2-6(11)9-7(3-5)13-4-8(12)14-9/h2-4H,1H3. The fourth-order valence-corrected chi connectivity index (χ4v) is 1.96. The summed E-state index contributed by atoms with van der Waals surface area (Å²) >= 11 is 9.04. The first-order valence-electron chi connectivity index (χ1n) is 4.32. The van der Waals surface area contributed by atoms with Crippen molar-refractivity contribution in [2.75, 3.05) is 7.11 Å². The van der Waals surface area contributed by atoms with Gasteiger partial charge in [-0.05, 0) is 28.1 Å². The summed E-state index contributed by atoms with van der Waals surface area (Å²) in [6, 6.07) is 3.23. The van der Waals surface area contributed by atoms with Crippen molar-refractivity contribution in [3.8, 4) is 0 Å². The van der Waals surface area contributed by atoms with Crippen LogP contribution in [-0.2, 0) is 4.74 Å². The highest BCUT2D eigenvalue weighted by atomic mass is 79.9. The Morgan fingerprint density at radius 1 is 1.50 bits per heavy atom. The molecule has 0 saturated carbocycles. The Labute approximate surface area is 105 Å². The summed E-state index contributed by atoms with van der Waals surface area (Å²) in [6.45, 7) is 0. The lowest BCUT2D eigenvalue weighted by Crippen LogP contribution is -2.01. The minimum absolute atomic E-state index is 0.305. The third-order valence-electron chi connectivity index (χ3n) is 1.99. The number of hydrogen-bond donors (Lipinski definition) is 0. The van der Waals surface area contributed by atoms with Gasteiger partial charge in [0.05, 0.1) is 24.4 Å². The van der Waals surface area contributed by atoms with Crippen LogP contribution in [-0.4, -0.2) is 23.0 Å². The Morgan fingerprint density at radius 3 is 2.94 bits per heavy atom. The molecule has 1 aromatic heterocycles. The van der Waals surface area contributed by atoms with Gasteiger partial charge in [0.15, 0.2) is 0 Å². The average molecular weight is 302 g/mol. The number of hydrogen-bond acceptors (Lipinski definition) is 4. The highest BCUT2D eigenvalue weighted by molar-refractivity contribution is 9.10. The molecule has 16 heavy (non-hydrogen) atoms. The fraction of sp³-hybridized carbons (Fsp3) is 0.100. The molecular weight excluding hydrogens is 295 g/mol. The predicted molar refractivity (Wildman–Crippen MR) is 63.6 cm³/mol. The molecule has 0 bridgehead atoms. The first-order chi connectivity index (χ1) is 7.61. The summed E-state index contributed by atoms with van der Waals surface area (Å²) < 4.78 is 5.28. The summed E-state index contributed by atoms with van der Waals surface area (Å²) in [5.41, 5.74) is 1.61. The van der Waals surface area contributed by atoms with Crippen LogP contribution in [0.1, 0.15) is 10.4 Å². The van der Waals surface area contributed by atoms with Gasteiger partial charge in [-0.15, -0.1) is 0 Å². The smallest absolute Gasteiger partial charge is 0.337 e. The molecule has 1 heterocycles. The van der Waals surface area contributed by atoms with Crippen molar-refractivity contribution in [3.05, 3.63) is 33.5 Å². The van der Waals surface area contributed by atoms with E-state index in [0.29, 0.717) is 26.2 Å². The monoisotopic (exact) mass is 300 g/mol. The number of aromatic nitrogens is 2. The molecule has 4 nitrogen and oxygen atoms in total. The van der Waals surface area contributed by atoms with E-state index in [1.165, 1.54) is 13.3 Å². The zero-order valence-corrected chi connectivity index (χ0v) is 10.5. The predicted octanol–water partition coefficient (Wildman–Crippen LogP) is 2.83. The van der Waals surface area contributed by atoms with E-state index in [4.69, 9.17) is 11.6 Å². The van der Waals surface area contributed by atoms with Crippen molar-refractivity contribution in [1.82, 2.24) is 9.97 Å². The molecule has 0 aliphatic carbocycles. The molecule has 2 aromatic rings. The number of rotatable bonds is 1. The molecule has 2 rings (SSSR count). The van der Waals surface area contributed by atoms with E-state index in [9.17, 15) is 4.79 Å². The zero-order valence-electron chi connectivity index (χ0n) is 8.20. The van der Waals surface area contributed by atoms with Crippen molar-refractivity contribution in [1.29, 1.82) is 0 Å². The molecule has 0 amide bonds. The van der Waals surface area contributed by atoms with Gasteiger partial charge in [-0.3, -0.25) is 4.98 Å². The number of benzene rings is 1. The number of methoxy groups -OCH3 is 1. The number of esters is 1. The van der Waals surface area contributed by atoms with Crippen molar-refractivity contribution in [2.45, 2.75) is 0 Å². The van der Waals surface area contributed by atoms with Gasteiger partial charge in [-0.25, -0.2) is 9.78 Å². The van der Waals surface area contributed by atoms with Gasteiger partial charge in [-0.1, -0.05) is 11.6 Å². The van der Waals surface area contributed by atoms with Crippen molar-refractivity contribution >= 4 is 44.5 Å². The van der Waals surface area contributed by atoms with Gasteiger partial charge in [0.1, 0.15) is 10.7 Å². The SMILES string of the molecule is COC(=O)c1cc(Br)c2nc(Cl)cnc2c1. The minimum atomic E-state index is -0.417. The first kappa shape index (κ1) is 11.3. The molecule has 0 fully saturated rings. The molecule has 6 heteroatoms. The van der Waals surface area contributed by atoms with E-state index in [1.54, 1.807) is 12.1 Å². The fourth-order valence-electron chi connectivity index (χ4n) is 1.29. The van der Waals surface area contributed by atoms with Crippen LogP contribution in [0.5, 0.6) is 0 Å². The zero-order chi connectivity index (χ0) is 11.7. The van der Waals surface area contributed by atoms with Crippen LogP contribution in [0.25, 0.3) is 11.0 Å². The summed E-state index contributed by atoms with van der Waals surface area (Å²) in [4.78, 5) is 19.6. The van der Waals surface area contributed by atoms with Crippen LogP contribution in [0.4, 0.5) is 0 Å². The molecule has 0 aliphatic rings. The summed E-state index contributed by atoms with van der Waals surface area (Å²) in [5, 5.41) is 0.305. The van der Waals surface area contributed by atoms with Gasteiger partial charge in [0.25, 0.3) is 0 Å². The van der Waals surface area contributed by atoms with Crippen LogP contribution in [0.3, 0.4) is 0 Å². The summed E-state index contributed by atoms with van der Waals surface area (Å²) in [5.74, 6) is -0.417. The Balaban J connectivity index is 2.68. The third kappa shape index (κ3) is 2.01. The summed E-state index contributed by atoms with van der Waals surface area (Å²) in [7, 11) is 1.33. The lowest BCUT2D eigenvalue weighted by Gasteiger charge is -2.03. The van der Waals surface area contributed by atoms with E-state index >= 15 is 0 Å². The second-order valence-electron chi connectivity index (χ2n) is 3.01. The Morgan fingerprint density at radius 2 is 2.25 bits per heavy atom. The maximum Gasteiger partial charge on any atom is 0.337 e. The van der Waals surface area contributed by atoms with Crippen molar-refractivity contribution in [3.63, 3.8) is 0 Å². The number of carbonyl (C=O) groups is 1. The number of carbonyl (C=O) groups excluding carboxylic acids is 1. The Bertz CT molecular complexity index is 574. The molecule has 0 unspecified atom stereocenters. The third-order valence-corrected chi connectivity index (χ3v) is 2.78. The molecule has 0 N–H and O–H groups in total. The Hall–Kier alpha value is -1.20. The molecule has 0 spiro atoms. The Kier molecular flexibility index (Phi) is 3.07. The largest absolute Gasteiger partial charge is 0.465 e. The topological polar surface area (TPSA) is 52.1 Å². The van der Waals surface area contributed by atoms with Crippen LogP contribution in [0.15, 0.2) is 22.8 Å². The van der Waals surface area contributed by atoms with Gasteiger partial charge < -0.3 is 4.74 Å². The van der Waals surface area contributed by atoms with Crippen molar-refractivity contribution < 1.29 is 9.53 Å². The van der Waals surface area contributed by atoms with Crippen LogP contribution < -0.4 is 0 Å². The summed E-state index contributed by atoms with van der Waals surface area (Å²) in [6.07, 6.45) is 1.43. The highest BCUT2D eigenvalue weighted by Crippen LogP contribution is 2.24. The normalized spacial score (nSPS) is 10.4. The number of fused-ring (bicyclic) bond motifs is 1. The lowest BCUT2D eigenvalue weighted by atomic mass is 10.2. The lowest BCUT2D eigenvalue weighted by molar-refractivity contribution is 0.0601. The highest BCUT2D eigenvalue weighted by Gasteiger charge is 2.11. The van der Waals surface area contributed by atoms with Crippen molar-refractivity contribution in [2.24, 2.45) is 0 Å². The van der Waals surface area contributed by atoms with E-state index in [-0.39, 0.29) is 0 Å². The van der Waals surface area contributed by atoms with Crippen LogP contribution in [0, 0.1) is 0 Å².